The van der Waals surface area contributed by atoms with Crippen LogP contribution < -0.4 is 10.6 Å². The van der Waals surface area contributed by atoms with Gasteiger partial charge in [0.05, 0.1) is 6.42 Å². The highest BCUT2D eigenvalue weighted by molar-refractivity contribution is 5.85. The van der Waals surface area contributed by atoms with Gasteiger partial charge in [-0.25, -0.2) is 0 Å². The fourth-order valence-electron chi connectivity index (χ4n) is 3.36. The van der Waals surface area contributed by atoms with Crippen LogP contribution in [0.4, 0.5) is 0 Å². The first-order valence-electron chi connectivity index (χ1n) is 7.89. The molecule has 0 spiro atoms. The third-order valence-corrected chi connectivity index (χ3v) is 4.56. The second-order valence-corrected chi connectivity index (χ2v) is 6.13. The van der Waals surface area contributed by atoms with E-state index in [0.29, 0.717) is 6.42 Å². The molecule has 0 aromatic heterocycles. The molecule has 1 aliphatic heterocycles. The summed E-state index contributed by atoms with van der Waals surface area (Å²) in [5, 5.41) is 6.42. The first kappa shape index (κ1) is 16.3. The summed E-state index contributed by atoms with van der Waals surface area (Å²) >= 11 is 0. The van der Waals surface area contributed by atoms with Gasteiger partial charge in [0.25, 0.3) is 0 Å². The molecule has 21 heavy (non-hydrogen) atoms. The van der Waals surface area contributed by atoms with Crippen molar-refractivity contribution in [3.8, 4) is 0 Å². The normalized spacial score (nSPS) is 19.9. The van der Waals surface area contributed by atoms with Crippen molar-refractivity contribution < 1.29 is 4.79 Å². The first-order chi connectivity index (χ1) is 9.81. The smallest absolute Gasteiger partial charge is 0.224 e. The largest absolute Gasteiger partial charge is 0.356 e. The minimum absolute atomic E-state index is 0. The SMILES string of the molecule is Cl.O=C(Cc1ccc2c(c1)CCC2)NCCC1CCNC1. The standard InChI is InChI=1S/C17H24N2O.ClH/c20-17(19-9-7-13-6-8-18-12-13)11-14-4-5-15-2-1-3-16(15)10-14;/h4-5,10,13,18H,1-3,6-9,11-12H2,(H,19,20);1H. The molecule has 3 rings (SSSR count). The zero-order valence-corrected chi connectivity index (χ0v) is 13.3. The fraction of sp³-hybridized carbons (Fsp3) is 0.588. The Morgan fingerprint density at radius 3 is 2.95 bits per heavy atom. The van der Waals surface area contributed by atoms with E-state index < -0.39 is 0 Å². The summed E-state index contributed by atoms with van der Waals surface area (Å²) in [4.78, 5) is 12.0. The van der Waals surface area contributed by atoms with Crippen molar-refractivity contribution in [1.82, 2.24) is 10.6 Å². The summed E-state index contributed by atoms with van der Waals surface area (Å²) in [6.45, 7) is 3.06. The van der Waals surface area contributed by atoms with E-state index in [4.69, 9.17) is 0 Å². The Morgan fingerprint density at radius 2 is 2.14 bits per heavy atom. The lowest BCUT2D eigenvalue weighted by Crippen LogP contribution is -2.27. The van der Waals surface area contributed by atoms with Crippen LogP contribution in [0.2, 0.25) is 0 Å². The van der Waals surface area contributed by atoms with E-state index in [1.54, 1.807) is 0 Å². The molecule has 1 atom stereocenters. The molecule has 0 radical (unpaired) electrons. The molecule has 1 aliphatic carbocycles. The number of carbonyl (C=O) groups is 1. The van der Waals surface area contributed by atoms with E-state index in [1.807, 2.05) is 0 Å². The molecule has 1 saturated heterocycles. The van der Waals surface area contributed by atoms with E-state index in [0.717, 1.165) is 37.5 Å². The van der Waals surface area contributed by atoms with Gasteiger partial charge in [-0.2, -0.15) is 0 Å². The van der Waals surface area contributed by atoms with Crippen LogP contribution in [0.1, 0.15) is 36.0 Å². The second kappa shape index (κ2) is 7.81. The minimum Gasteiger partial charge on any atom is -0.356 e. The van der Waals surface area contributed by atoms with Crippen molar-refractivity contribution in [2.24, 2.45) is 5.92 Å². The van der Waals surface area contributed by atoms with E-state index in [2.05, 4.69) is 28.8 Å². The van der Waals surface area contributed by atoms with Gasteiger partial charge in [-0.05, 0) is 67.8 Å². The molecule has 4 heteroatoms. The van der Waals surface area contributed by atoms with Crippen molar-refractivity contribution in [1.29, 1.82) is 0 Å². The van der Waals surface area contributed by atoms with Gasteiger partial charge in [-0.15, -0.1) is 12.4 Å². The number of fused-ring (bicyclic) bond motifs is 1. The number of hydrogen-bond acceptors (Lipinski definition) is 2. The highest BCUT2D eigenvalue weighted by Crippen LogP contribution is 2.22. The lowest BCUT2D eigenvalue weighted by atomic mass is 10.0. The summed E-state index contributed by atoms with van der Waals surface area (Å²) in [7, 11) is 0. The first-order valence-corrected chi connectivity index (χ1v) is 7.89. The zero-order valence-electron chi connectivity index (χ0n) is 12.5. The van der Waals surface area contributed by atoms with Crippen LogP contribution >= 0.6 is 12.4 Å². The van der Waals surface area contributed by atoms with Crippen molar-refractivity contribution in [2.45, 2.75) is 38.5 Å². The van der Waals surface area contributed by atoms with Gasteiger partial charge in [0.15, 0.2) is 0 Å². The minimum atomic E-state index is 0. The highest BCUT2D eigenvalue weighted by atomic mass is 35.5. The van der Waals surface area contributed by atoms with Crippen molar-refractivity contribution >= 4 is 18.3 Å². The number of amides is 1. The maximum Gasteiger partial charge on any atom is 0.224 e. The van der Waals surface area contributed by atoms with Gasteiger partial charge in [0.1, 0.15) is 0 Å². The highest BCUT2D eigenvalue weighted by Gasteiger charge is 2.15. The third-order valence-electron chi connectivity index (χ3n) is 4.56. The van der Waals surface area contributed by atoms with E-state index >= 15 is 0 Å². The predicted molar refractivity (Wildman–Crippen MR) is 88.0 cm³/mol. The van der Waals surface area contributed by atoms with E-state index in [-0.39, 0.29) is 18.3 Å². The van der Waals surface area contributed by atoms with Gasteiger partial charge in [0.2, 0.25) is 5.91 Å². The molecule has 2 aliphatic rings. The van der Waals surface area contributed by atoms with Crippen LogP contribution in [0.3, 0.4) is 0 Å². The lowest BCUT2D eigenvalue weighted by molar-refractivity contribution is -0.120. The van der Waals surface area contributed by atoms with E-state index in [9.17, 15) is 4.79 Å². The molecule has 2 N–H and O–H groups in total. The summed E-state index contributed by atoms with van der Waals surface area (Å²) in [5.41, 5.74) is 4.08. The molecule has 1 unspecified atom stereocenters. The molecule has 1 amide bonds. The lowest BCUT2D eigenvalue weighted by Gasteiger charge is -2.10. The topological polar surface area (TPSA) is 41.1 Å². The Kier molecular flexibility index (Phi) is 6.07. The molecule has 3 nitrogen and oxygen atoms in total. The van der Waals surface area contributed by atoms with Crippen LogP contribution in [-0.4, -0.2) is 25.5 Å². The summed E-state index contributed by atoms with van der Waals surface area (Å²) in [5.74, 6) is 0.907. The maximum atomic E-state index is 12.0. The number of carbonyl (C=O) groups excluding carboxylic acids is 1. The fourth-order valence-corrected chi connectivity index (χ4v) is 3.36. The Hall–Kier alpha value is -1.06. The van der Waals surface area contributed by atoms with Gasteiger partial charge >= 0.3 is 0 Å². The summed E-state index contributed by atoms with van der Waals surface area (Å²) in [6.07, 6.45) is 6.52. The summed E-state index contributed by atoms with van der Waals surface area (Å²) in [6, 6.07) is 6.54. The van der Waals surface area contributed by atoms with Crippen LogP contribution in [-0.2, 0) is 24.1 Å². The van der Waals surface area contributed by atoms with Gasteiger partial charge in [0, 0.05) is 6.54 Å². The number of rotatable bonds is 5. The monoisotopic (exact) mass is 308 g/mol. The van der Waals surface area contributed by atoms with Crippen LogP contribution in [0.5, 0.6) is 0 Å². The molecule has 1 fully saturated rings. The predicted octanol–water partition coefficient (Wildman–Crippen LogP) is 2.26. The van der Waals surface area contributed by atoms with Crippen molar-refractivity contribution in [3.05, 3.63) is 34.9 Å². The van der Waals surface area contributed by atoms with Crippen molar-refractivity contribution in [3.63, 3.8) is 0 Å². The molecule has 1 aromatic carbocycles. The summed E-state index contributed by atoms with van der Waals surface area (Å²) < 4.78 is 0. The van der Waals surface area contributed by atoms with Gasteiger partial charge in [-0.3, -0.25) is 4.79 Å². The molecule has 0 saturated carbocycles. The number of nitrogens with one attached hydrogen (secondary N) is 2. The Bertz CT molecular complexity index is 484. The van der Waals surface area contributed by atoms with Crippen LogP contribution in [0, 0.1) is 5.92 Å². The van der Waals surface area contributed by atoms with Crippen LogP contribution in [0.25, 0.3) is 0 Å². The molecular weight excluding hydrogens is 284 g/mol. The average molecular weight is 309 g/mol. The quantitative estimate of drug-likeness (QED) is 0.876. The van der Waals surface area contributed by atoms with Crippen LogP contribution in [0.15, 0.2) is 18.2 Å². The maximum absolute atomic E-state index is 12.0. The Labute approximate surface area is 133 Å². The average Bonchev–Trinajstić information content (AvgIpc) is 3.08. The molecule has 1 aromatic rings. The third kappa shape index (κ3) is 4.45. The molecule has 0 bridgehead atoms. The van der Waals surface area contributed by atoms with Crippen molar-refractivity contribution in [2.75, 3.05) is 19.6 Å². The number of hydrogen-bond donors (Lipinski definition) is 2. The number of halogens is 1. The Morgan fingerprint density at radius 1 is 1.29 bits per heavy atom. The zero-order chi connectivity index (χ0) is 13.8. The number of benzene rings is 1. The number of aryl methyl sites for hydroxylation is 2. The van der Waals surface area contributed by atoms with Gasteiger partial charge in [-0.1, -0.05) is 18.2 Å². The molecular formula is C17H25ClN2O. The van der Waals surface area contributed by atoms with Gasteiger partial charge < -0.3 is 10.6 Å². The molecule has 1 heterocycles. The Balaban J connectivity index is 0.00000161. The van der Waals surface area contributed by atoms with E-state index in [1.165, 1.54) is 36.8 Å². The second-order valence-electron chi connectivity index (χ2n) is 6.13. The molecule has 116 valence electrons.